The highest BCUT2D eigenvalue weighted by Gasteiger charge is 2.33. The number of benzene rings is 1. The van der Waals surface area contributed by atoms with E-state index >= 15 is 0 Å². The number of aromatic nitrogens is 3. The standard InChI is InChI=1S/C20H21N7O2S/c1-5-27-14-10-22-20(24-13-8-6-12(7-9-13)17(28)21-3)25-16(14)26(4)19-15(18(27)29)23-11(2)30-19/h6-10H,5H2,1-4H3,(H,21,28)(H,22,24,25). The maximum absolute atomic E-state index is 13.0. The van der Waals surface area contributed by atoms with Crippen molar-refractivity contribution in [3.05, 3.63) is 46.7 Å². The number of fused-ring (bicyclic) bond motifs is 2. The monoisotopic (exact) mass is 423 g/mol. The maximum atomic E-state index is 13.0. The van der Waals surface area contributed by atoms with Gasteiger partial charge in [0.15, 0.2) is 11.5 Å². The molecule has 4 rings (SSSR count). The van der Waals surface area contributed by atoms with Gasteiger partial charge in [0.1, 0.15) is 10.7 Å². The second-order valence-corrected chi connectivity index (χ2v) is 7.86. The van der Waals surface area contributed by atoms with Gasteiger partial charge < -0.3 is 20.4 Å². The molecule has 9 nitrogen and oxygen atoms in total. The summed E-state index contributed by atoms with van der Waals surface area (Å²) >= 11 is 1.46. The summed E-state index contributed by atoms with van der Waals surface area (Å²) in [6.07, 6.45) is 1.64. The fourth-order valence-corrected chi connectivity index (χ4v) is 4.14. The number of carbonyl (C=O) groups excluding carboxylic acids is 2. The minimum Gasteiger partial charge on any atom is -0.355 e. The highest BCUT2D eigenvalue weighted by Crippen LogP contribution is 2.41. The molecule has 1 aliphatic rings. The van der Waals surface area contributed by atoms with Gasteiger partial charge in [-0.25, -0.2) is 9.97 Å². The fraction of sp³-hybridized carbons (Fsp3) is 0.250. The topological polar surface area (TPSA) is 103 Å². The first-order valence-electron chi connectivity index (χ1n) is 9.42. The van der Waals surface area contributed by atoms with Gasteiger partial charge in [-0.2, -0.15) is 4.98 Å². The number of hydrogen-bond donors (Lipinski definition) is 2. The SMILES string of the molecule is CCN1C(=O)c2nc(C)sc2N(C)c2nc(Nc3ccc(C(=O)NC)cc3)ncc21. The Hall–Kier alpha value is -3.53. The second kappa shape index (κ2) is 7.71. The normalized spacial score (nSPS) is 12.9. The summed E-state index contributed by atoms with van der Waals surface area (Å²) in [7, 11) is 3.46. The van der Waals surface area contributed by atoms with Crippen LogP contribution in [0.3, 0.4) is 0 Å². The summed E-state index contributed by atoms with van der Waals surface area (Å²) in [6, 6.07) is 7.02. The van der Waals surface area contributed by atoms with Crippen molar-refractivity contribution in [3.63, 3.8) is 0 Å². The van der Waals surface area contributed by atoms with Crippen LogP contribution in [0.4, 0.5) is 28.1 Å². The smallest absolute Gasteiger partial charge is 0.280 e. The molecule has 1 aliphatic heterocycles. The van der Waals surface area contributed by atoms with Crippen LogP contribution < -0.4 is 20.4 Å². The van der Waals surface area contributed by atoms with Gasteiger partial charge in [0.25, 0.3) is 11.8 Å². The number of carbonyl (C=O) groups is 2. The molecule has 30 heavy (non-hydrogen) atoms. The Labute approximate surface area is 177 Å². The average molecular weight is 424 g/mol. The molecule has 154 valence electrons. The summed E-state index contributed by atoms with van der Waals surface area (Å²) < 4.78 is 0. The van der Waals surface area contributed by atoms with Gasteiger partial charge in [-0.05, 0) is 38.1 Å². The molecule has 0 bridgehead atoms. The number of hydrogen-bond acceptors (Lipinski definition) is 8. The van der Waals surface area contributed by atoms with Gasteiger partial charge in [0.05, 0.1) is 11.2 Å². The molecular weight excluding hydrogens is 402 g/mol. The van der Waals surface area contributed by atoms with Crippen LogP contribution in [0.5, 0.6) is 0 Å². The minimum absolute atomic E-state index is 0.149. The third-order valence-electron chi connectivity index (χ3n) is 4.77. The van der Waals surface area contributed by atoms with Crippen LogP contribution in [0.1, 0.15) is 32.8 Å². The van der Waals surface area contributed by atoms with Gasteiger partial charge in [-0.15, -0.1) is 11.3 Å². The van der Waals surface area contributed by atoms with Gasteiger partial charge in [0.2, 0.25) is 5.95 Å². The number of aryl methyl sites for hydroxylation is 1. The molecule has 0 aliphatic carbocycles. The predicted molar refractivity (Wildman–Crippen MR) is 117 cm³/mol. The molecule has 3 aromatic rings. The molecule has 2 amide bonds. The number of nitrogens with zero attached hydrogens (tertiary/aromatic N) is 5. The first kappa shape index (κ1) is 19.8. The number of anilines is 5. The Morgan fingerprint density at radius 2 is 1.93 bits per heavy atom. The van der Waals surface area contributed by atoms with E-state index in [1.54, 1.807) is 42.4 Å². The van der Waals surface area contributed by atoms with E-state index in [4.69, 9.17) is 0 Å². The Kier molecular flexibility index (Phi) is 5.08. The lowest BCUT2D eigenvalue weighted by Crippen LogP contribution is -2.30. The lowest BCUT2D eigenvalue weighted by Gasteiger charge is -2.22. The molecule has 2 N–H and O–H groups in total. The van der Waals surface area contributed by atoms with Crippen LogP contribution in [-0.2, 0) is 0 Å². The Morgan fingerprint density at radius 3 is 2.60 bits per heavy atom. The third-order valence-corrected chi connectivity index (χ3v) is 5.82. The van der Waals surface area contributed by atoms with Gasteiger partial charge in [-0.3, -0.25) is 9.59 Å². The number of amides is 2. The lowest BCUT2D eigenvalue weighted by atomic mass is 10.2. The fourth-order valence-electron chi connectivity index (χ4n) is 3.27. The van der Waals surface area contributed by atoms with Crippen molar-refractivity contribution >= 4 is 51.3 Å². The molecular formula is C20H21N7O2S. The van der Waals surface area contributed by atoms with Crippen LogP contribution in [0.25, 0.3) is 0 Å². The molecule has 0 radical (unpaired) electrons. The van der Waals surface area contributed by atoms with Crippen molar-refractivity contribution in [2.24, 2.45) is 0 Å². The van der Waals surface area contributed by atoms with E-state index in [2.05, 4.69) is 25.6 Å². The summed E-state index contributed by atoms with van der Waals surface area (Å²) in [5, 5.41) is 7.33. The number of rotatable bonds is 4. The molecule has 0 spiro atoms. The van der Waals surface area contributed by atoms with Crippen LogP contribution in [0.2, 0.25) is 0 Å². The van der Waals surface area contributed by atoms with Crippen molar-refractivity contribution in [1.82, 2.24) is 20.3 Å². The van der Waals surface area contributed by atoms with E-state index < -0.39 is 0 Å². The third kappa shape index (κ3) is 3.35. The zero-order valence-corrected chi connectivity index (χ0v) is 17.9. The summed E-state index contributed by atoms with van der Waals surface area (Å²) in [5.41, 5.74) is 2.37. The largest absolute Gasteiger partial charge is 0.355 e. The van der Waals surface area contributed by atoms with Crippen LogP contribution >= 0.6 is 11.3 Å². The quantitative estimate of drug-likeness (QED) is 0.665. The molecule has 0 fully saturated rings. The zero-order chi connectivity index (χ0) is 21.4. The molecule has 0 atom stereocenters. The maximum Gasteiger partial charge on any atom is 0.280 e. The van der Waals surface area contributed by atoms with E-state index in [0.29, 0.717) is 35.3 Å². The summed E-state index contributed by atoms with van der Waals surface area (Å²) in [6.45, 7) is 4.27. The molecule has 3 heterocycles. The van der Waals surface area contributed by atoms with Crippen LogP contribution in [0, 0.1) is 6.92 Å². The molecule has 10 heteroatoms. The van der Waals surface area contributed by atoms with E-state index in [1.807, 2.05) is 25.8 Å². The molecule has 0 unspecified atom stereocenters. The van der Waals surface area contributed by atoms with Crippen LogP contribution in [-0.4, -0.2) is 47.4 Å². The van der Waals surface area contributed by atoms with Gasteiger partial charge in [-0.1, -0.05) is 0 Å². The summed E-state index contributed by atoms with van der Waals surface area (Å²) in [5.74, 6) is 0.703. The molecule has 1 aromatic carbocycles. The Bertz CT molecular complexity index is 1130. The number of nitrogens with one attached hydrogen (secondary N) is 2. The molecule has 0 saturated heterocycles. The van der Waals surface area contributed by atoms with Crippen molar-refractivity contribution in [3.8, 4) is 0 Å². The van der Waals surface area contributed by atoms with E-state index in [0.717, 1.165) is 15.7 Å². The summed E-state index contributed by atoms with van der Waals surface area (Å²) in [4.78, 5) is 41.7. The average Bonchev–Trinajstić information content (AvgIpc) is 3.13. The van der Waals surface area contributed by atoms with E-state index in [9.17, 15) is 9.59 Å². The predicted octanol–water partition coefficient (Wildman–Crippen LogP) is 3.09. The highest BCUT2D eigenvalue weighted by molar-refractivity contribution is 7.16. The first-order chi connectivity index (χ1) is 14.4. The first-order valence-corrected chi connectivity index (χ1v) is 10.2. The van der Waals surface area contributed by atoms with E-state index in [-0.39, 0.29) is 11.8 Å². The minimum atomic E-state index is -0.156. The number of thiazole rings is 1. The second-order valence-electron chi connectivity index (χ2n) is 6.68. The van der Waals surface area contributed by atoms with Gasteiger partial charge in [0, 0.05) is 31.9 Å². The van der Waals surface area contributed by atoms with Crippen molar-refractivity contribution in [2.75, 3.05) is 35.8 Å². The van der Waals surface area contributed by atoms with Crippen molar-refractivity contribution < 1.29 is 9.59 Å². The lowest BCUT2D eigenvalue weighted by molar-refractivity contribution is 0.0960. The Balaban J connectivity index is 1.70. The Morgan fingerprint density at radius 1 is 1.20 bits per heavy atom. The van der Waals surface area contributed by atoms with Crippen LogP contribution in [0.15, 0.2) is 30.5 Å². The van der Waals surface area contributed by atoms with Gasteiger partial charge >= 0.3 is 0 Å². The highest BCUT2D eigenvalue weighted by atomic mass is 32.1. The van der Waals surface area contributed by atoms with Crippen molar-refractivity contribution in [1.29, 1.82) is 0 Å². The molecule has 2 aromatic heterocycles. The molecule has 0 saturated carbocycles. The van der Waals surface area contributed by atoms with Crippen molar-refractivity contribution in [2.45, 2.75) is 13.8 Å². The van der Waals surface area contributed by atoms with E-state index in [1.165, 1.54) is 11.3 Å². The zero-order valence-electron chi connectivity index (χ0n) is 17.1.